The Bertz CT molecular complexity index is 2350. The van der Waals surface area contributed by atoms with Gasteiger partial charge in [0.05, 0.1) is 9.82 Å². The summed E-state index contributed by atoms with van der Waals surface area (Å²) in [5, 5.41) is 16.2. The second-order valence-corrected chi connectivity index (χ2v) is 17.9. The molecular formula is C43H45ClN6O5S2. The average Bonchev–Trinajstić information content (AvgIpc) is 3.56. The number of nitro benzene ring substituents is 1. The van der Waals surface area contributed by atoms with Crippen molar-refractivity contribution in [2.75, 3.05) is 56.2 Å². The lowest BCUT2D eigenvalue weighted by molar-refractivity contribution is -0.384. The summed E-state index contributed by atoms with van der Waals surface area (Å²) in [6, 6.07) is 35.3. The predicted octanol–water partition coefficient (Wildman–Crippen LogP) is 7.81. The summed E-state index contributed by atoms with van der Waals surface area (Å²) in [5.41, 5.74) is 5.59. The zero-order valence-electron chi connectivity index (χ0n) is 31.8. The predicted molar refractivity (Wildman–Crippen MR) is 229 cm³/mol. The van der Waals surface area contributed by atoms with Crippen molar-refractivity contribution >= 4 is 56.4 Å². The van der Waals surface area contributed by atoms with Crippen LogP contribution < -0.4 is 14.9 Å². The Morgan fingerprint density at radius 2 is 1.72 bits per heavy atom. The van der Waals surface area contributed by atoms with Crippen molar-refractivity contribution < 1.29 is 18.1 Å². The number of benzene rings is 5. The third-order valence-corrected chi connectivity index (χ3v) is 13.2. The van der Waals surface area contributed by atoms with Gasteiger partial charge in [-0.05, 0) is 110 Å². The van der Waals surface area contributed by atoms with Crippen molar-refractivity contribution in [3.05, 3.63) is 147 Å². The number of amides is 1. The molecule has 5 aromatic rings. The molecule has 2 N–H and O–H groups in total. The van der Waals surface area contributed by atoms with Crippen molar-refractivity contribution in [1.82, 2.24) is 14.5 Å². The van der Waals surface area contributed by atoms with E-state index in [0.29, 0.717) is 17.2 Å². The summed E-state index contributed by atoms with van der Waals surface area (Å²) in [6.07, 6.45) is 1.43. The van der Waals surface area contributed by atoms with Crippen LogP contribution in [0.25, 0.3) is 11.1 Å². The number of carbonyl (C=O) groups excluding carboxylic acids is 1. The Balaban J connectivity index is 1.01. The number of carbonyl (C=O) groups is 1. The minimum absolute atomic E-state index is 0.140. The number of hydrogen-bond donors (Lipinski definition) is 2. The van der Waals surface area contributed by atoms with E-state index in [1.807, 2.05) is 85.7 Å². The van der Waals surface area contributed by atoms with Gasteiger partial charge in [-0.15, -0.1) is 11.8 Å². The van der Waals surface area contributed by atoms with Crippen LogP contribution in [0.1, 0.15) is 27.9 Å². The van der Waals surface area contributed by atoms with Crippen LogP contribution in [-0.2, 0) is 23.0 Å². The number of halogens is 1. The van der Waals surface area contributed by atoms with E-state index in [9.17, 15) is 23.3 Å². The molecule has 2 heterocycles. The van der Waals surface area contributed by atoms with Gasteiger partial charge in [-0.2, -0.15) is 0 Å². The maximum atomic E-state index is 13.5. The molecule has 1 amide bonds. The Hall–Kier alpha value is -4.92. The Morgan fingerprint density at radius 1 is 0.965 bits per heavy atom. The number of rotatable bonds is 15. The third kappa shape index (κ3) is 9.79. The van der Waals surface area contributed by atoms with Crippen molar-refractivity contribution in [2.24, 2.45) is 0 Å². The summed E-state index contributed by atoms with van der Waals surface area (Å²) in [6.45, 7) is 4.08. The van der Waals surface area contributed by atoms with Crippen LogP contribution in [0.4, 0.5) is 17.1 Å². The summed E-state index contributed by atoms with van der Waals surface area (Å²) in [4.78, 5) is 32.7. The summed E-state index contributed by atoms with van der Waals surface area (Å²) < 4.78 is 29.2. The normalized spacial score (nSPS) is 15.9. The van der Waals surface area contributed by atoms with Gasteiger partial charge in [-0.1, -0.05) is 66.2 Å². The van der Waals surface area contributed by atoms with E-state index < -0.39 is 20.9 Å². The van der Waals surface area contributed by atoms with Crippen molar-refractivity contribution in [2.45, 2.75) is 41.3 Å². The number of thioether (sulfide) groups is 1. The molecule has 11 nitrogen and oxygen atoms in total. The van der Waals surface area contributed by atoms with E-state index >= 15 is 0 Å². The van der Waals surface area contributed by atoms with Gasteiger partial charge in [0.2, 0.25) is 0 Å². The summed E-state index contributed by atoms with van der Waals surface area (Å²) in [7, 11) is -0.515. The topological polar surface area (TPSA) is 128 Å². The third-order valence-electron chi connectivity index (χ3n) is 10.4. The molecule has 0 bridgehead atoms. The molecule has 2 atom stereocenters. The lowest BCUT2D eigenvalue weighted by Gasteiger charge is -2.39. The largest absolute Gasteiger partial charge is 0.376 e. The maximum absolute atomic E-state index is 13.5. The smallest absolute Gasteiger partial charge is 0.293 e. The lowest BCUT2D eigenvalue weighted by Crippen LogP contribution is -2.51. The number of hydrogen-bond acceptors (Lipinski definition) is 10. The van der Waals surface area contributed by atoms with Crippen LogP contribution in [0, 0.1) is 10.1 Å². The van der Waals surface area contributed by atoms with Crippen LogP contribution in [0.2, 0.25) is 5.02 Å². The van der Waals surface area contributed by atoms with E-state index in [1.165, 1.54) is 23.3 Å². The lowest BCUT2D eigenvalue weighted by atomic mass is 9.99. The van der Waals surface area contributed by atoms with E-state index in [4.69, 9.17) is 11.6 Å². The molecular weight excluding hydrogens is 780 g/mol. The van der Waals surface area contributed by atoms with Crippen LogP contribution in [0.5, 0.6) is 0 Å². The van der Waals surface area contributed by atoms with E-state index in [0.717, 1.165) is 66.9 Å². The van der Waals surface area contributed by atoms with Gasteiger partial charge < -0.3 is 15.1 Å². The monoisotopic (exact) mass is 824 g/mol. The Labute approximate surface area is 343 Å². The molecule has 0 radical (unpaired) electrons. The molecule has 2 aliphatic heterocycles. The molecule has 0 aliphatic carbocycles. The second kappa shape index (κ2) is 17.7. The SMILES string of the molecule is CN(C)CC[C@H](CSc1ccccc1)Nc1ccc(S(=O)(=O)NC(=O)c2ccc3c(c2)CC2CN(Cc4ccccc4-c4ccc(Cl)cc4)CCN32)cc1[N+](=O)[O-]. The molecule has 0 saturated carbocycles. The zero-order chi connectivity index (χ0) is 40.1. The van der Waals surface area contributed by atoms with Gasteiger partial charge in [-0.25, -0.2) is 13.1 Å². The Kier molecular flexibility index (Phi) is 12.5. The van der Waals surface area contributed by atoms with Gasteiger partial charge in [0.1, 0.15) is 5.69 Å². The second-order valence-electron chi connectivity index (χ2n) is 14.7. The molecule has 57 heavy (non-hydrogen) atoms. The fourth-order valence-electron chi connectivity index (χ4n) is 7.53. The highest BCUT2D eigenvalue weighted by atomic mass is 35.5. The van der Waals surface area contributed by atoms with Crippen LogP contribution in [0.3, 0.4) is 0 Å². The minimum atomic E-state index is -4.44. The summed E-state index contributed by atoms with van der Waals surface area (Å²) >= 11 is 7.78. The number of nitrogens with zero attached hydrogens (tertiary/aromatic N) is 4. The number of nitro groups is 1. The van der Waals surface area contributed by atoms with Crippen molar-refractivity contribution in [3.8, 4) is 11.1 Å². The first-order valence-electron chi connectivity index (χ1n) is 18.8. The van der Waals surface area contributed by atoms with Crippen LogP contribution in [0.15, 0.2) is 125 Å². The van der Waals surface area contributed by atoms with Gasteiger partial charge in [-0.3, -0.25) is 19.8 Å². The van der Waals surface area contributed by atoms with E-state index in [1.54, 1.807) is 23.9 Å². The number of sulfonamides is 1. The van der Waals surface area contributed by atoms with Crippen molar-refractivity contribution in [3.63, 3.8) is 0 Å². The quantitative estimate of drug-likeness (QED) is 0.0613. The standard InChI is InChI=1S/C43H45ClN6O5S2/c1-47(2)21-20-35(29-56-37-9-4-3-5-10-37)45-40-18-17-38(26-42(40)50(52)53)57(54,55)46-43(51)31-14-19-41-33(24-31)25-36-28-48(22-23-49(36)41)27-32-8-6-7-11-39(32)30-12-15-34(44)16-13-30/h3-19,24,26,35-36,45H,20-23,25,27-29H2,1-2H3,(H,46,51)/t35-,36?/m1/s1. The number of fused-ring (bicyclic) bond motifs is 3. The van der Waals surface area contributed by atoms with Crippen molar-refractivity contribution in [1.29, 1.82) is 0 Å². The first-order valence-corrected chi connectivity index (χ1v) is 21.7. The van der Waals surface area contributed by atoms with Gasteiger partial charge >= 0.3 is 0 Å². The molecule has 0 spiro atoms. The first kappa shape index (κ1) is 40.3. The van der Waals surface area contributed by atoms with Gasteiger partial charge in [0.25, 0.3) is 21.6 Å². The molecule has 1 unspecified atom stereocenters. The molecule has 5 aromatic carbocycles. The number of anilines is 2. The maximum Gasteiger partial charge on any atom is 0.293 e. The molecule has 14 heteroatoms. The van der Waals surface area contributed by atoms with Crippen LogP contribution >= 0.6 is 23.4 Å². The molecule has 296 valence electrons. The van der Waals surface area contributed by atoms with E-state index in [-0.39, 0.29) is 33.9 Å². The molecule has 7 rings (SSSR count). The van der Waals surface area contributed by atoms with Gasteiger partial charge in [0.15, 0.2) is 0 Å². The van der Waals surface area contributed by atoms with Crippen LogP contribution in [-0.4, -0.2) is 87.2 Å². The van der Waals surface area contributed by atoms with Gasteiger partial charge in [0, 0.05) is 71.3 Å². The highest BCUT2D eigenvalue weighted by Crippen LogP contribution is 2.36. The molecule has 1 fully saturated rings. The minimum Gasteiger partial charge on any atom is -0.376 e. The molecule has 1 saturated heterocycles. The summed E-state index contributed by atoms with van der Waals surface area (Å²) in [5.74, 6) is -0.155. The Morgan fingerprint density at radius 3 is 2.47 bits per heavy atom. The average molecular weight is 825 g/mol. The molecule has 0 aromatic heterocycles. The number of nitrogens with one attached hydrogen (secondary N) is 2. The highest BCUT2D eigenvalue weighted by Gasteiger charge is 2.35. The first-order chi connectivity index (χ1) is 27.4. The molecule has 2 aliphatic rings. The fraction of sp³-hybridized carbons (Fsp3) is 0.279. The van der Waals surface area contributed by atoms with E-state index in [2.05, 4.69) is 38.0 Å². The fourth-order valence-corrected chi connectivity index (χ4v) is 9.64. The highest BCUT2D eigenvalue weighted by molar-refractivity contribution is 7.99. The number of piperazine rings is 1. The zero-order valence-corrected chi connectivity index (χ0v) is 34.2.